The van der Waals surface area contributed by atoms with Crippen molar-refractivity contribution in [3.63, 3.8) is 0 Å². The average molecular weight is 274 g/mol. The standard InChI is InChI=1S/C9H8ClN3O3S/c1-2-5(10)8-11-9(16-12-8)6-3-4-7(17-6)13(14)15/h3-5H,2H2,1H3. The van der Waals surface area contributed by atoms with Crippen LogP contribution in [0.4, 0.5) is 5.00 Å². The molecule has 0 N–H and O–H groups in total. The van der Waals surface area contributed by atoms with Crippen molar-refractivity contribution in [2.45, 2.75) is 18.7 Å². The van der Waals surface area contributed by atoms with E-state index in [4.69, 9.17) is 16.1 Å². The van der Waals surface area contributed by atoms with Crippen LogP contribution in [0.3, 0.4) is 0 Å². The molecule has 17 heavy (non-hydrogen) atoms. The summed E-state index contributed by atoms with van der Waals surface area (Å²) in [4.78, 5) is 14.7. The first-order valence-electron chi connectivity index (χ1n) is 4.84. The summed E-state index contributed by atoms with van der Waals surface area (Å²) in [7, 11) is 0. The van der Waals surface area contributed by atoms with Crippen molar-refractivity contribution in [3.8, 4) is 10.8 Å². The van der Waals surface area contributed by atoms with E-state index >= 15 is 0 Å². The molecule has 2 aromatic heterocycles. The Labute approximate surface area is 105 Å². The first kappa shape index (κ1) is 12.0. The molecule has 0 aliphatic heterocycles. The van der Waals surface area contributed by atoms with Crippen LogP contribution in [0.15, 0.2) is 16.7 Å². The van der Waals surface area contributed by atoms with Crippen molar-refractivity contribution in [1.82, 2.24) is 10.1 Å². The molecule has 2 heterocycles. The highest BCUT2D eigenvalue weighted by Gasteiger charge is 2.18. The number of hydrogen-bond acceptors (Lipinski definition) is 6. The van der Waals surface area contributed by atoms with Crippen LogP contribution in [0.25, 0.3) is 10.8 Å². The van der Waals surface area contributed by atoms with Crippen LogP contribution in [0.5, 0.6) is 0 Å². The predicted octanol–water partition coefficient (Wildman–Crippen LogP) is 3.40. The van der Waals surface area contributed by atoms with E-state index in [2.05, 4.69) is 10.1 Å². The van der Waals surface area contributed by atoms with Gasteiger partial charge in [-0.1, -0.05) is 23.4 Å². The first-order chi connectivity index (χ1) is 8.11. The molecule has 1 atom stereocenters. The molecule has 8 heteroatoms. The topological polar surface area (TPSA) is 82.1 Å². The van der Waals surface area contributed by atoms with Crippen LogP contribution in [0.1, 0.15) is 24.5 Å². The highest BCUT2D eigenvalue weighted by Crippen LogP contribution is 2.32. The van der Waals surface area contributed by atoms with Gasteiger partial charge in [-0.3, -0.25) is 10.1 Å². The highest BCUT2D eigenvalue weighted by molar-refractivity contribution is 7.18. The molecule has 0 saturated carbocycles. The minimum atomic E-state index is -0.457. The van der Waals surface area contributed by atoms with Gasteiger partial charge in [-0.25, -0.2) is 0 Å². The van der Waals surface area contributed by atoms with Crippen LogP contribution < -0.4 is 0 Å². The van der Waals surface area contributed by atoms with Gasteiger partial charge in [-0.15, -0.1) is 11.6 Å². The van der Waals surface area contributed by atoms with Crippen LogP contribution in [-0.4, -0.2) is 15.1 Å². The van der Waals surface area contributed by atoms with E-state index in [-0.39, 0.29) is 16.3 Å². The minimum Gasteiger partial charge on any atom is -0.333 e. The molecule has 0 aliphatic rings. The third-order valence-corrected chi connectivity index (χ3v) is 3.59. The summed E-state index contributed by atoms with van der Waals surface area (Å²) in [5.41, 5.74) is 0. The lowest BCUT2D eigenvalue weighted by atomic mass is 10.3. The zero-order valence-electron chi connectivity index (χ0n) is 8.79. The average Bonchev–Trinajstić information content (AvgIpc) is 2.95. The summed E-state index contributed by atoms with van der Waals surface area (Å²) >= 11 is 6.95. The Morgan fingerprint density at radius 1 is 1.65 bits per heavy atom. The van der Waals surface area contributed by atoms with Crippen molar-refractivity contribution in [2.75, 3.05) is 0 Å². The number of alkyl halides is 1. The van der Waals surface area contributed by atoms with Gasteiger partial charge in [0.15, 0.2) is 5.82 Å². The maximum absolute atomic E-state index is 10.5. The third-order valence-electron chi connectivity index (χ3n) is 2.06. The number of rotatable bonds is 4. The number of aromatic nitrogens is 2. The lowest BCUT2D eigenvalue weighted by Crippen LogP contribution is -1.90. The fourth-order valence-corrected chi connectivity index (χ4v) is 2.02. The summed E-state index contributed by atoms with van der Waals surface area (Å²) in [6, 6.07) is 2.98. The molecular formula is C9H8ClN3O3S. The second-order valence-corrected chi connectivity index (χ2v) is 4.82. The lowest BCUT2D eigenvalue weighted by molar-refractivity contribution is -0.380. The van der Waals surface area contributed by atoms with Crippen LogP contribution in [-0.2, 0) is 0 Å². The normalized spacial score (nSPS) is 12.6. The summed E-state index contributed by atoms with van der Waals surface area (Å²) in [6.07, 6.45) is 0.686. The molecule has 2 rings (SSSR count). The van der Waals surface area contributed by atoms with Crippen molar-refractivity contribution in [3.05, 3.63) is 28.1 Å². The molecule has 0 fully saturated rings. The first-order valence-corrected chi connectivity index (χ1v) is 6.09. The Hall–Kier alpha value is -1.47. The molecule has 6 nitrogen and oxygen atoms in total. The van der Waals surface area contributed by atoms with Crippen LogP contribution in [0.2, 0.25) is 0 Å². The fraction of sp³-hybridized carbons (Fsp3) is 0.333. The molecule has 0 spiro atoms. The smallest absolute Gasteiger partial charge is 0.324 e. The second kappa shape index (κ2) is 4.80. The Kier molecular flexibility index (Phi) is 3.39. The molecule has 0 aliphatic carbocycles. The number of nitrogens with zero attached hydrogens (tertiary/aromatic N) is 3. The molecule has 1 unspecified atom stereocenters. The van der Waals surface area contributed by atoms with Gasteiger partial charge in [-0.2, -0.15) is 4.98 Å². The Morgan fingerprint density at radius 3 is 3.00 bits per heavy atom. The molecule has 0 radical (unpaired) electrons. The summed E-state index contributed by atoms with van der Waals surface area (Å²) in [5.74, 6) is 0.664. The Balaban J connectivity index is 2.27. The predicted molar refractivity (Wildman–Crippen MR) is 63.2 cm³/mol. The summed E-state index contributed by atoms with van der Waals surface area (Å²) < 4.78 is 5.01. The van der Waals surface area contributed by atoms with Gasteiger partial charge in [-0.05, 0) is 12.5 Å². The largest absolute Gasteiger partial charge is 0.333 e. The van der Waals surface area contributed by atoms with Gasteiger partial charge < -0.3 is 4.52 Å². The zero-order chi connectivity index (χ0) is 12.4. The van der Waals surface area contributed by atoms with E-state index in [9.17, 15) is 10.1 Å². The zero-order valence-corrected chi connectivity index (χ0v) is 10.4. The number of nitro groups is 1. The SMILES string of the molecule is CCC(Cl)c1noc(-c2ccc([N+](=O)[O-])s2)n1. The van der Waals surface area contributed by atoms with Gasteiger partial charge in [0, 0.05) is 6.07 Å². The fourth-order valence-electron chi connectivity index (χ4n) is 1.19. The van der Waals surface area contributed by atoms with E-state index in [1.807, 2.05) is 6.92 Å². The lowest BCUT2D eigenvalue weighted by Gasteiger charge is -1.95. The van der Waals surface area contributed by atoms with E-state index in [1.165, 1.54) is 6.07 Å². The Bertz CT molecular complexity index is 539. The van der Waals surface area contributed by atoms with Crippen molar-refractivity contribution in [1.29, 1.82) is 0 Å². The van der Waals surface area contributed by atoms with E-state index in [0.29, 0.717) is 17.1 Å². The minimum absolute atomic E-state index is 0.0395. The molecular weight excluding hydrogens is 266 g/mol. The number of halogens is 1. The Morgan fingerprint density at radius 2 is 2.41 bits per heavy atom. The maximum Gasteiger partial charge on any atom is 0.324 e. The summed E-state index contributed by atoms with van der Waals surface area (Å²) in [5, 5.41) is 14.0. The monoisotopic (exact) mass is 273 g/mol. The molecule has 0 saturated heterocycles. The van der Waals surface area contributed by atoms with Crippen molar-refractivity contribution in [2.24, 2.45) is 0 Å². The quantitative estimate of drug-likeness (QED) is 0.484. The van der Waals surface area contributed by atoms with E-state index < -0.39 is 4.92 Å². The van der Waals surface area contributed by atoms with Gasteiger partial charge in [0.25, 0.3) is 5.89 Å². The van der Waals surface area contributed by atoms with Crippen LogP contribution >= 0.6 is 22.9 Å². The van der Waals surface area contributed by atoms with Gasteiger partial charge in [0.2, 0.25) is 0 Å². The second-order valence-electron chi connectivity index (χ2n) is 3.23. The van der Waals surface area contributed by atoms with Gasteiger partial charge >= 0.3 is 5.00 Å². The molecule has 0 bridgehead atoms. The highest BCUT2D eigenvalue weighted by atomic mass is 35.5. The van der Waals surface area contributed by atoms with Gasteiger partial charge in [0.1, 0.15) is 0 Å². The number of thiophene rings is 1. The van der Waals surface area contributed by atoms with E-state index in [0.717, 1.165) is 11.3 Å². The molecule has 2 aromatic rings. The van der Waals surface area contributed by atoms with Gasteiger partial charge in [0.05, 0.1) is 15.2 Å². The molecule has 0 aromatic carbocycles. The molecule has 0 amide bonds. The molecule has 90 valence electrons. The van der Waals surface area contributed by atoms with Crippen molar-refractivity contribution < 1.29 is 9.45 Å². The van der Waals surface area contributed by atoms with Crippen molar-refractivity contribution >= 4 is 27.9 Å². The number of hydrogen-bond donors (Lipinski definition) is 0. The third kappa shape index (κ3) is 2.45. The van der Waals surface area contributed by atoms with E-state index in [1.54, 1.807) is 6.07 Å². The maximum atomic E-state index is 10.5. The summed E-state index contributed by atoms with van der Waals surface area (Å²) in [6.45, 7) is 1.91. The van der Waals surface area contributed by atoms with Crippen LogP contribution in [0, 0.1) is 10.1 Å².